The predicted molar refractivity (Wildman–Crippen MR) is 86.0 cm³/mol. The molecule has 21 heavy (non-hydrogen) atoms. The van der Waals surface area contributed by atoms with E-state index in [0.717, 1.165) is 5.69 Å². The van der Waals surface area contributed by atoms with Gasteiger partial charge in [-0.1, -0.05) is 47.5 Å². The van der Waals surface area contributed by atoms with E-state index in [0.29, 0.717) is 15.6 Å². The van der Waals surface area contributed by atoms with Crippen molar-refractivity contribution in [2.24, 2.45) is 0 Å². The fourth-order valence-electron chi connectivity index (χ4n) is 2.05. The van der Waals surface area contributed by atoms with Crippen molar-refractivity contribution < 1.29 is 9.90 Å². The van der Waals surface area contributed by atoms with E-state index in [1.165, 1.54) is 4.90 Å². The summed E-state index contributed by atoms with van der Waals surface area (Å²) in [6.07, 6.45) is 0.0907. The van der Waals surface area contributed by atoms with Gasteiger partial charge in [0, 0.05) is 22.3 Å². The summed E-state index contributed by atoms with van der Waals surface area (Å²) < 4.78 is 0. The van der Waals surface area contributed by atoms with E-state index in [2.05, 4.69) is 0 Å². The molecule has 5 heteroatoms. The third kappa shape index (κ3) is 3.97. The van der Waals surface area contributed by atoms with Crippen molar-refractivity contribution in [2.75, 3.05) is 18.1 Å². The predicted octanol–water partition coefficient (Wildman–Crippen LogP) is 3.56. The monoisotopic (exact) mass is 323 g/mol. The molecule has 0 aliphatic rings. The Morgan fingerprint density at radius 3 is 2.19 bits per heavy atom. The van der Waals surface area contributed by atoms with Crippen LogP contribution in [-0.2, 0) is 11.2 Å². The van der Waals surface area contributed by atoms with Crippen molar-refractivity contribution in [3.05, 3.63) is 64.1 Å². The maximum Gasteiger partial charge on any atom is 0.231 e. The Balaban J connectivity index is 2.24. The van der Waals surface area contributed by atoms with Crippen molar-refractivity contribution in [3.8, 4) is 0 Å². The minimum Gasteiger partial charge on any atom is -0.395 e. The van der Waals surface area contributed by atoms with Gasteiger partial charge in [0.1, 0.15) is 0 Å². The Bertz CT molecular complexity index is 597. The van der Waals surface area contributed by atoms with Crippen LogP contribution in [0, 0.1) is 0 Å². The minimum absolute atomic E-state index is 0.0907. The van der Waals surface area contributed by atoms with E-state index in [9.17, 15) is 9.90 Å². The first kappa shape index (κ1) is 15.8. The number of anilines is 1. The molecule has 0 fully saturated rings. The number of hydrogen-bond donors (Lipinski definition) is 1. The molecule has 0 heterocycles. The molecule has 2 aromatic rings. The van der Waals surface area contributed by atoms with Gasteiger partial charge in [0.25, 0.3) is 0 Å². The van der Waals surface area contributed by atoms with Gasteiger partial charge < -0.3 is 10.0 Å². The van der Waals surface area contributed by atoms with E-state index in [1.54, 1.807) is 18.2 Å². The Labute approximate surface area is 133 Å². The van der Waals surface area contributed by atoms with Crippen molar-refractivity contribution in [2.45, 2.75) is 6.42 Å². The Morgan fingerprint density at radius 2 is 1.62 bits per heavy atom. The zero-order valence-electron chi connectivity index (χ0n) is 11.3. The van der Waals surface area contributed by atoms with Gasteiger partial charge in [0.05, 0.1) is 13.0 Å². The molecule has 0 saturated heterocycles. The van der Waals surface area contributed by atoms with Crippen LogP contribution in [0.25, 0.3) is 0 Å². The first-order valence-corrected chi connectivity index (χ1v) is 7.28. The number of benzene rings is 2. The molecule has 0 radical (unpaired) electrons. The standard InChI is InChI=1S/C16H15Cl2NO2/c17-14-7-4-8-15(18)13(14)11-16(21)19(9-10-20)12-5-2-1-3-6-12/h1-8,20H,9-11H2. The molecular weight excluding hydrogens is 309 g/mol. The molecule has 0 bridgehead atoms. The number of rotatable bonds is 5. The smallest absolute Gasteiger partial charge is 0.231 e. The first-order chi connectivity index (χ1) is 10.1. The third-order valence-corrected chi connectivity index (χ3v) is 3.79. The number of nitrogens with zero attached hydrogens (tertiary/aromatic N) is 1. The number of halogens is 2. The molecule has 2 rings (SSSR count). The fourth-order valence-corrected chi connectivity index (χ4v) is 2.58. The molecule has 0 aromatic heterocycles. The van der Waals surface area contributed by atoms with E-state index in [4.69, 9.17) is 23.2 Å². The average Bonchev–Trinajstić information content (AvgIpc) is 2.49. The van der Waals surface area contributed by atoms with Crippen molar-refractivity contribution >= 4 is 34.8 Å². The Hall–Kier alpha value is -1.55. The molecular formula is C16H15Cl2NO2. The third-order valence-electron chi connectivity index (χ3n) is 3.08. The molecule has 0 aliphatic heterocycles. The normalized spacial score (nSPS) is 10.4. The van der Waals surface area contributed by atoms with Gasteiger partial charge in [-0.3, -0.25) is 4.79 Å². The number of hydrogen-bond acceptors (Lipinski definition) is 2. The number of carbonyl (C=O) groups is 1. The number of amides is 1. The molecule has 0 unspecified atom stereocenters. The Morgan fingerprint density at radius 1 is 1.00 bits per heavy atom. The number of aliphatic hydroxyl groups excluding tert-OH is 1. The maximum atomic E-state index is 12.5. The van der Waals surface area contributed by atoms with Crippen LogP contribution in [0.15, 0.2) is 48.5 Å². The zero-order chi connectivity index (χ0) is 15.2. The molecule has 110 valence electrons. The number of para-hydroxylation sites is 1. The van der Waals surface area contributed by atoms with Gasteiger partial charge in [-0.25, -0.2) is 0 Å². The molecule has 0 atom stereocenters. The van der Waals surface area contributed by atoms with E-state index < -0.39 is 0 Å². The van der Waals surface area contributed by atoms with Crippen LogP contribution < -0.4 is 4.90 Å². The quantitative estimate of drug-likeness (QED) is 0.913. The van der Waals surface area contributed by atoms with Crippen LogP contribution in [-0.4, -0.2) is 24.2 Å². The van der Waals surface area contributed by atoms with Crippen LogP contribution in [0.2, 0.25) is 10.0 Å². The second-order valence-electron chi connectivity index (χ2n) is 4.48. The topological polar surface area (TPSA) is 40.5 Å². The lowest BCUT2D eigenvalue weighted by Crippen LogP contribution is -2.34. The summed E-state index contributed by atoms with van der Waals surface area (Å²) in [5.41, 5.74) is 1.34. The van der Waals surface area contributed by atoms with Crippen LogP contribution in [0.4, 0.5) is 5.69 Å². The lowest BCUT2D eigenvalue weighted by Gasteiger charge is -2.22. The summed E-state index contributed by atoms with van der Waals surface area (Å²) in [6.45, 7) is 0.113. The van der Waals surface area contributed by atoms with Crippen LogP contribution in [0.1, 0.15) is 5.56 Å². The summed E-state index contributed by atoms with van der Waals surface area (Å²) in [7, 11) is 0. The van der Waals surface area contributed by atoms with Crippen molar-refractivity contribution in [1.29, 1.82) is 0 Å². The summed E-state index contributed by atoms with van der Waals surface area (Å²) in [5.74, 6) is -0.162. The largest absolute Gasteiger partial charge is 0.395 e. The first-order valence-electron chi connectivity index (χ1n) is 6.52. The van der Waals surface area contributed by atoms with E-state index >= 15 is 0 Å². The molecule has 0 saturated carbocycles. The lowest BCUT2D eigenvalue weighted by molar-refractivity contribution is -0.118. The number of carbonyl (C=O) groups excluding carboxylic acids is 1. The molecule has 2 aromatic carbocycles. The average molecular weight is 324 g/mol. The molecule has 0 spiro atoms. The highest BCUT2D eigenvalue weighted by molar-refractivity contribution is 6.36. The highest BCUT2D eigenvalue weighted by Crippen LogP contribution is 2.26. The van der Waals surface area contributed by atoms with Gasteiger partial charge in [0.2, 0.25) is 5.91 Å². The molecule has 0 aliphatic carbocycles. The van der Waals surface area contributed by atoms with E-state index in [1.807, 2.05) is 30.3 Å². The van der Waals surface area contributed by atoms with Gasteiger partial charge in [-0.15, -0.1) is 0 Å². The van der Waals surface area contributed by atoms with E-state index in [-0.39, 0.29) is 25.5 Å². The molecule has 1 amide bonds. The van der Waals surface area contributed by atoms with Gasteiger partial charge in [0.15, 0.2) is 0 Å². The Kier molecular flexibility index (Phi) is 5.62. The van der Waals surface area contributed by atoms with Gasteiger partial charge in [-0.05, 0) is 29.8 Å². The fraction of sp³-hybridized carbons (Fsp3) is 0.188. The lowest BCUT2D eigenvalue weighted by atomic mass is 10.1. The summed E-state index contributed by atoms with van der Waals surface area (Å²) in [6, 6.07) is 14.3. The maximum absolute atomic E-state index is 12.5. The van der Waals surface area contributed by atoms with Crippen molar-refractivity contribution in [1.82, 2.24) is 0 Å². The zero-order valence-corrected chi connectivity index (χ0v) is 12.8. The van der Waals surface area contributed by atoms with Crippen LogP contribution in [0.5, 0.6) is 0 Å². The second-order valence-corrected chi connectivity index (χ2v) is 5.30. The van der Waals surface area contributed by atoms with Gasteiger partial charge >= 0.3 is 0 Å². The highest BCUT2D eigenvalue weighted by Gasteiger charge is 2.18. The SMILES string of the molecule is O=C(Cc1c(Cl)cccc1Cl)N(CCO)c1ccccc1. The molecule has 3 nitrogen and oxygen atoms in total. The van der Waals surface area contributed by atoms with Crippen molar-refractivity contribution in [3.63, 3.8) is 0 Å². The summed E-state index contributed by atoms with van der Waals surface area (Å²) in [4.78, 5) is 14.0. The summed E-state index contributed by atoms with van der Waals surface area (Å²) in [5, 5.41) is 10.1. The van der Waals surface area contributed by atoms with Gasteiger partial charge in [-0.2, -0.15) is 0 Å². The minimum atomic E-state index is -0.162. The molecule has 1 N–H and O–H groups in total. The van der Waals surface area contributed by atoms with Crippen LogP contribution in [0.3, 0.4) is 0 Å². The van der Waals surface area contributed by atoms with Crippen LogP contribution >= 0.6 is 23.2 Å². The number of aliphatic hydroxyl groups is 1. The highest BCUT2D eigenvalue weighted by atomic mass is 35.5. The summed E-state index contributed by atoms with van der Waals surface area (Å²) >= 11 is 12.2. The second kappa shape index (κ2) is 7.46.